The molecule has 182 valence electrons. The Kier molecular flexibility index (Phi) is 7.54. The summed E-state index contributed by atoms with van der Waals surface area (Å²) in [6, 6.07) is 11.9. The molecule has 2 aliphatic rings. The van der Waals surface area contributed by atoms with Gasteiger partial charge in [0.05, 0.1) is 6.04 Å². The zero-order valence-corrected chi connectivity index (χ0v) is 20.4. The summed E-state index contributed by atoms with van der Waals surface area (Å²) in [5, 5.41) is 3.00. The maximum Gasteiger partial charge on any atom is 0.261 e. The number of ether oxygens (including phenoxy) is 1. The van der Waals surface area contributed by atoms with Crippen LogP contribution in [-0.2, 0) is 16.0 Å². The highest BCUT2D eigenvalue weighted by atomic mass is 19.1. The van der Waals surface area contributed by atoms with E-state index in [0.717, 1.165) is 23.1 Å². The van der Waals surface area contributed by atoms with Crippen LogP contribution in [0.3, 0.4) is 0 Å². The summed E-state index contributed by atoms with van der Waals surface area (Å²) >= 11 is 0. The van der Waals surface area contributed by atoms with Crippen molar-refractivity contribution in [1.82, 2.24) is 10.2 Å². The molecule has 1 aliphatic carbocycles. The van der Waals surface area contributed by atoms with Gasteiger partial charge in [-0.2, -0.15) is 0 Å². The van der Waals surface area contributed by atoms with Gasteiger partial charge in [-0.1, -0.05) is 39.0 Å². The Hall–Kier alpha value is -2.89. The Morgan fingerprint density at radius 1 is 1.18 bits per heavy atom. The number of halogens is 1. The van der Waals surface area contributed by atoms with Gasteiger partial charge in [-0.25, -0.2) is 4.39 Å². The lowest BCUT2D eigenvalue weighted by Gasteiger charge is -2.38. The Morgan fingerprint density at radius 3 is 2.65 bits per heavy atom. The number of hydrogen-bond donors (Lipinski definition) is 1. The highest BCUT2D eigenvalue weighted by molar-refractivity contribution is 5.81. The smallest absolute Gasteiger partial charge is 0.261 e. The van der Waals surface area contributed by atoms with Crippen LogP contribution in [-0.4, -0.2) is 35.9 Å². The van der Waals surface area contributed by atoms with E-state index in [9.17, 15) is 14.0 Å². The van der Waals surface area contributed by atoms with Crippen molar-refractivity contribution in [3.05, 3.63) is 65.0 Å². The quantitative estimate of drug-likeness (QED) is 0.564. The van der Waals surface area contributed by atoms with E-state index in [2.05, 4.69) is 5.32 Å². The van der Waals surface area contributed by atoms with Crippen LogP contribution >= 0.6 is 0 Å². The van der Waals surface area contributed by atoms with Gasteiger partial charge in [0, 0.05) is 19.5 Å². The largest absolute Gasteiger partial charge is 0.481 e. The Balaban J connectivity index is 1.63. The highest BCUT2D eigenvalue weighted by Crippen LogP contribution is 2.38. The summed E-state index contributed by atoms with van der Waals surface area (Å²) in [5.41, 5.74) is 2.78. The molecule has 34 heavy (non-hydrogen) atoms. The fourth-order valence-corrected chi connectivity index (χ4v) is 4.61. The molecule has 1 aliphatic heterocycles. The van der Waals surface area contributed by atoms with Gasteiger partial charge in [0.15, 0.2) is 6.10 Å². The van der Waals surface area contributed by atoms with Crippen LogP contribution in [0.5, 0.6) is 5.75 Å². The van der Waals surface area contributed by atoms with Gasteiger partial charge in [-0.05, 0) is 78.5 Å². The molecule has 0 aromatic heterocycles. The molecule has 1 heterocycles. The Bertz CT molecular complexity index is 1030. The Labute approximate surface area is 201 Å². The van der Waals surface area contributed by atoms with Gasteiger partial charge < -0.3 is 15.0 Å². The molecule has 2 unspecified atom stereocenters. The van der Waals surface area contributed by atoms with Crippen LogP contribution in [0, 0.1) is 17.7 Å². The molecule has 2 aromatic carbocycles. The van der Waals surface area contributed by atoms with Crippen LogP contribution in [0.25, 0.3) is 0 Å². The predicted octanol–water partition coefficient (Wildman–Crippen LogP) is 5.03. The molecule has 0 saturated heterocycles. The van der Waals surface area contributed by atoms with Crippen LogP contribution in [0.15, 0.2) is 42.5 Å². The second-order valence-corrected chi connectivity index (χ2v) is 9.96. The summed E-state index contributed by atoms with van der Waals surface area (Å²) in [6.07, 6.45) is 3.50. The minimum absolute atomic E-state index is 0.0621. The van der Waals surface area contributed by atoms with E-state index in [1.165, 1.54) is 25.0 Å². The van der Waals surface area contributed by atoms with Gasteiger partial charge in [0.2, 0.25) is 5.91 Å². The first-order valence-electron chi connectivity index (χ1n) is 12.5. The molecule has 1 saturated carbocycles. The molecular formula is C28H35FN2O3. The van der Waals surface area contributed by atoms with Crippen molar-refractivity contribution in [1.29, 1.82) is 0 Å². The first-order valence-corrected chi connectivity index (χ1v) is 12.5. The second kappa shape index (κ2) is 10.6. The van der Waals surface area contributed by atoms with E-state index >= 15 is 0 Å². The number of amides is 2. The summed E-state index contributed by atoms with van der Waals surface area (Å²) in [6.45, 7) is 7.27. The molecular weight excluding hydrogens is 431 g/mol. The number of nitrogens with one attached hydrogen (secondary N) is 1. The second-order valence-electron chi connectivity index (χ2n) is 9.96. The van der Waals surface area contributed by atoms with Crippen molar-refractivity contribution in [3.8, 4) is 5.75 Å². The van der Waals surface area contributed by atoms with Crippen molar-refractivity contribution in [2.75, 3.05) is 13.1 Å². The third kappa shape index (κ3) is 5.78. The minimum Gasteiger partial charge on any atom is -0.481 e. The minimum atomic E-state index is -0.577. The fraction of sp³-hybridized carbons (Fsp3) is 0.500. The van der Waals surface area contributed by atoms with E-state index in [-0.39, 0.29) is 23.5 Å². The molecule has 0 spiro atoms. The monoisotopic (exact) mass is 466 g/mol. The highest BCUT2D eigenvalue weighted by Gasteiger charge is 2.33. The van der Waals surface area contributed by atoms with E-state index in [1.807, 2.05) is 49.9 Å². The van der Waals surface area contributed by atoms with E-state index < -0.39 is 12.1 Å². The van der Waals surface area contributed by atoms with Crippen molar-refractivity contribution in [3.63, 3.8) is 0 Å². The van der Waals surface area contributed by atoms with Crippen molar-refractivity contribution < 1.29 is 18.7 Å². The van der Waals surface area contributed by atoms with Crippen LogP contribution in [0.1, 0.15) is 69.2 Å². The van der Waals surface area contributed by atoms with Crippen LogP contribution in [0.2, 0.25) is 0 Å². The first-order chi connectivity index (χ1) is 16.4. The Morgan fingerprint density at radius 2 is 1.97 bits per heavy atom. The number of benzene rings is 2. The number of rotatable bonds is 9. The van der Waals surface area contributed by atoms with Gasteiger partial charge in [0.25, 0.3) is 5.91 Å². The standard InChI is InChI=1S/C28H35FN2O3/c1-4-25(28(33)30-17-19-8-9-19)34-23-11-10-20-12-13-31(26(32)14-18(2)3)27(24(20)16-23)21-6-5-7-22(29)15-21/h5-7,10-11,15-16,18-19,25,27H,4,8-9,12-14,17H2,1-3H3,(H,30,33). The van der Waals surface area contributed by atoms with E-state index in [1.54, 1.807) is 6.07 Å². The lowest BCUT2D eigenvalue weighted by Crippen LogP contribution is -2.41. The van der Waals surface area contributed by atoms with Crippen molar-refractivity contribution >= 4 is 11.8 Å². The normalized spacial score (nSPS) is 18.4. The summed E-state index contributed by atoms with van der Waals surface area (Å²) < 4.78 is 20.3. The molecule has 2 amide bonds. The topological polar surface area (TPSA) is 58.6 Å². The van der Waals surface area contributed by atoms with E-state index in [4.69, 9.17) is 4.74 Å². The summed E-state index contributed by atoms with van der Waals surface area (Å²) in [7, 11) is 0. The molecule has 2 aromatic rings. The summed E-state index contributed by atoms with van der Waals surface area (Å²) in [5.74, 6) is 1.07. The van der Waals surface area contributed by atoms with Crippen LogP contribution < -0.4 is 10.1 Å². The number of hydrogen-bond acceptors (Lipinski definition) is 3. The molecule has 4 rings (SSSR count). The predicted molar refractivity (Wildman–Crippen MR) is 130 cm³/mol. The molecule has 0 radical (unpaired) electrons. The number of carbonyl (C=O) groups is 2. The SMILES string of the molecule is CCC(Oc1ccc2c(c1)C(c1cccc(F)c1)N(C(=O)CC(C)C)CC2)C(=O)NCC1CC1. The number of fused-ring (bicyclic) bond motifs is 1. The third-order valence-electron chi connectivity index (χ3n) is 6.62. The molecule has 6 heteroatoms. The molecule has 1 N–H and O–H groups in total. The number of nitrogens with zero attached hydrogens (tertiary/aromatic N) is 1. The lowest BCUT2D eigenvalue weighted by atomic mass is 9.87. The van der Waals surface area contributed by atoms with Crippen molar-refractivity contribution in [2.24, 2.45) is 11.8 Å². The third-order valence-corrected chi connectivity index (χ3v) is 6.62. The fourth-order valence-electron chi connectivity index (χ4n) is 4.61. The van der Waals surface area contributed by atoms with Gasteiger partial charge in [-0.15, -0.1) is 0 Å². The average Bonchev–Trinajstić information content (AvgIpc) is 3.64. The average molecular weight is 467 g/mol. The van der Waals surface area contributed by atoms with Crippen LogP contribution in [0.4, 0.5) is 4.39 Å². The maximum atomic E-state index is 14.2. The zero-order valence-electron chi connectivity index (χ0n) is 20.4. The molecule has 0 bridgehead atoms. The van der Waals surface area contributed by atoms with Crippen molar-refractivity contribution in [2.45, 2.75) is 65.0 Å². The molecule has 5 nitrogen and oxygen atoms in total. The van der Waals surface area contributed by atoms with Gasteiger partial charge in [-0.3, -0.25) is 9.59 Å². The van der Waals surface area contributed by atoms with Gasteiger partial charge in [0.1, 0.15) is 11.6 Å². The first kappa shape index (κ1) is 24.2. The van der Waals surface area contributed by atoms with E-state index in [0.29, 0.717) is 37.6 Å². The molecule has 2 atom stereocenters. The lowest BCUT2D eigenvalue weighted by molar-refractivity contribution is -0.134. The molecule has 1 fully saturated rings. The summed E-state index contributed by atoms with van der Waals surface area (Å²) in [4.78, 5) is 27.7. The zero-order chi connectivity index (χ0) is 24.2. The maximum absolute atomic E-state index is 14.2. The van der Waals surface area contributed by atoms with Gasteiger partial charge >= 0.3 is 0 Å². The number of carbonyl (C=O) groups excluding carboxylic acids is 2.